The molecule has 0 heterocycles. The fourth-order valence-electron chi connectivity index (χ4n) is 1.68. The quantitative estimate of drug-likeness (QED) is 0.478. The Bertz CT molecular complexity index is 133. The lowest BCUT2D eigenvalue weighted by atomic mass is 9.81. The Morgan fingerprint density at radius 2 is 1.79 bits per heavy atom. The fourth-order valence-corrected chi connectivity index (χ4v) is 3.63. The third-order valence-electron chi connectivity index (χ3n) is 2.39. The van der Waals surface area contributed by atoms with Crippen LogP contribution in [0.5, 0.6) is 0 Å². The average Bonchev–Trinajstić information content (AvgIpc) is 2.16. The number of halogens is 2. The molecule has 0 aromatic heterocycles. The van der Waals surface area contributed by atoms with Gasteiger partial charge in [0.2, 0.25) is 0 Å². The molecule has 14 heavy (non-hydrogen) atoms. The van der Waals surface area contributed by atoms with E-state index in [1.165, 1.54) is 6.42 Å². The number of alkyl halides is 2. The van der Waals surface area contributed by atoms with Crippen LogP contribution in [0.4, 0.5) is 0 Å². The molecule has 0 rings (SSSR count). The van der Waals surface area contributed by atoms with Gasteiger partial charge in [-0.15, -0.1) is 0 Å². The molecule has 0 aliphatic heterocycles. The first-order chi connectivity index (χ1) is 6.60. The van der Waals surface area contributed by atoms with E-state index >= 15 is 0 Å². The second kappa shape index (κ2) is 8.12. The van der Waals surface area contributed by atoms with Gasteiger partial charge in [0.15, 0.2) is 0 Å². The van der Waals surface area contributed by atoms with Crippen LogP contribution < -0.4 is 0 Å². The lowest BCUT2D eigenvalue weighted by Crippen LogP contribution is -2.28. The zero-order valence-electron chi connectivity index (χ0n) is 9.48. The molecular weight excluding hydrogens is 308 g/mol. The molecule has 0 saturated heterocycles. The van der Waals surface area contributed by atoms with Gasteiger partial charge in [-0.1, -0.05) is 45.7 Å². The van der Waals surface area contributed by atoms with E-state index in [-0.39, 0.29) is 0 Å². The Hall–Kier alpha value is 0.920. The van der Waals surface area contributed by atoms with E-state index in [1.54, 1.807) is 0 Å². The van der Waals surface area contributed by atoms with Crippen molar-refractivity contribution in [1.82, 2.24) is 0 Å². The van der Waals surface area contributed by atoms with E-state index in [1.807, 2.05) is 6.92 Å². The minimum Gasteiger partial charge on any atom is -0.382 e. The van der Waals surface area contributed by atoms with Crippen LogP contribution in [0.1, 0.15) is 33.6 Å². The topological polar surface area (TPSA) is 9.23 Å². The summed E-state index contributed by atoms with van der Waals surface area (Å²) in [5.41, 5.74) is 0.364. The maximum Gasteiger partial charge on any atom is 0.0471 e. The van der Waals surface area contributed by atoms with E-state index in [2.05, 4.69) is 45.7 Å². The van der Waals surface area contributed by atoms with Gasteiger partial charge in [0.1, 0.15) is 0 Å². The van der Waals surface area contributed by atoms with Crippen LogP contribution in [0, 0.1) is 11.3 Å². The van der Waals surface area contributed by atoms with E-state index in [4.69, 9.17) is 4.74 Å². The maximum atomic E-state index is 5.43. The predicted molar refractivity (Wildman–Crippen MR) is 70.6 cm³/mol. The van der Waals surface area contributed by atoms with Crippen LogP contribution >= 0.6 is 31.9 Å². The third kappa shape index (κ3) is 5.72. The summed E-state index contributed by atoms with van der Waals surface area (Å²) in [4.78, 5) is 0. The van der Waals surface area contributed by atoms with E-state index in [0.29, 0.717) is 5.41 Å². The first kappa shape index (κ1) is 14.9. The van der Waals surface area contributed by atoms with Gasteiger partial charge in [0, 0.05) is 23.9 Å². The molecule has 86 valence electrons. The molecule has 1 nitrogen and oxygen atoms in total. The van der Waals surface area contributed by atoms with E-state index in [9.17, 15) is 0 Å². The Balaban J connectivity index is 4.07. The highest BCUT2D eigenvalue weighted by Crippen LogP contribution is 2.34. The summed E-state index contributed by atoms with van der Waals surface area (Å²) in [6.45, 7) is 8.30. The van der Waals surface area contributed by atoms with Gasteiger partial charge in [-0.25, -0.2) is 0 Å². The highest BCUT2D eigenvalue weighted by atomic mass is 79.9. The molecule has 0 radical (unpaired) electrons. The minimum atomic E-state index is 0.364. The van der Waals surface area contributed by atoms with Crippen molar-refractivity contribution in [2.75, 3.05) is 23.9 Å². The summed E-state index contributed by atoms with van der Waals surface area (Å²) in [6.07, 6.45) is 2.38. The molecule has 3 heteroatoms. The summed E-state index contributed by atoms with van der Waals surface area (Å²) in [5, 5.41) is 2.10. The first-order valence-electron chi connectivity index (χ1n) is 5.30. The SMILES string of the molecule is CCOCCC(CBr)(CBr)CC(C)C. The third-order valence-corrected chi connectivity index (χ3v) is 4.77. The Labute approximate surface area is 105 Å². The normalized spacial score (nSPS) is 12.4. The largest absolute Gasteiger partial charge is 0.382 e. The Morgan fingerprint density at radius 3 is 2.14 bits per heavy atom. The summed E-state index contributed by atoms with van der Waals surface area (Å²) in [7, 11) is 0. The second-order valence-electron chi connectivity index (χ2n) is 4.31. The van der Waals surface area contributed by atoms with Crippen LogP contribution in [0.3, 0.4) is 0 Å². The molecule has 0 atom stereocenters. The van der Waals surface area contributed by atoms with Crippen LogP contribution in [0.2, 0.25) is 0 Å². The van der Waals surface area contributed by atoms with Gasteiger partial charge in [-0.05, 0) is 31.1 Å². The number of rotatable bonds is 8. The summed E-state index contributed by atoms with van der Waals surface area (Å²) in [6, 6.07) is 0. The average molecular weight is 330 g/mol. The van der Waals surface area contributed by atoms with Gasteiger partial charge >= 0.3 is 0 Å². The monoisotopic (exact) mass is 328 g/mol. The van der Waals surface area contributed by atoms with Crippen molar-refractivity contribution in [2.24, 2.45) is 11.3 Å². The molecule has 0 unspecified atom stereocenters. The van der Waals surface area contributed by atoms with Gasteiger partial charge in [-0.2, -0.15) is 0 Å². The first-order valence-corrected chi connectivity index (χ1v) is 7.54. The summed E-state index contributed by atoms with van der Waals surface area (Å²) < 4.78 is 5.43. The minimum absolute atomic E-state index is 0.364. The molecule has 0 bridgehead atoms. The number of hydrogen-bond acceptors (Lipinski definition) is 1. The summed E-state index contributed by atoms with van der Waals surface area (Å²) >= 11 is 7.26. The lowest BCUT2D eigenvalue weighted by molar-refractivity contribution is 0.110. The lowest BCUT2D eigenvalue weighted by Gasteiger charge is -2.31. The van der Waals surface area contributed by atoms with Gasteiger partial charge in [0.25, 0.3) is 0 Å². The standard InChI is InChI=1S/C11H22Br2O/c1-4-14-6-5-11(8-12,9-13)7-10(2)3/h10H,4-9H2,1-3H3. The van der Waals surface area contributed by atoms with E-state index in [0.717, 1.165) is 36.2 Å². The van der Waals surface area contributed by atoms with Crippen LogP contribution in [-0.4, -0.2) is 23.9 Å². The highest BCUT2D eigenvalue weighted by molar-refractivity contribution is 9.09. The summed E-state index contributed by atoms with van der Waals surface area (Å²) in [5.74, 6) is 0.742. The Morgan fingerprint density at radius 1 is 1.21 bits per heavy atom. The van der Waals surface area contributed by atoms with E-state index < -0.39 is 0 Å². The van der Waals surface area contributed by atoms with Crippen molar-refractivity contribution in [2.45, 2.75) is 33.6 Å². The number of hydrogen-bond donors (Lipinski definition) is 0. The van der Waals surface area contributed by atoms with Gasteiger partial charge < -0.3 is 4.74 Å². The molecule has 0 saturated carbocycles. The number of ether oxygens (including phenoxy) is 1. The molecule has 0 N–H and O–H groups in total. The zero-order valence-corrected chi connectivity index (χ0v) is 12.7. The molecule has 0 aliphatic rings. The molecule has 0 amide bonds. The van der Waals surface area contributed by atoms with Crippen LogP contribution in [-0.2, 0) is 4.74 Å². The van der Waals surface area contributed by atoms with Crippen LogP contribution in [0.15, 0.2) is 0 Å². The molecule has 0 aromatic carbocycles. The highest BCUT2D eigenvalue weighted by Gasteiger charge is 2.28. The maximum absolute atomic E-state index is 5.43. The molecule has 0 aliphatic carbocycles. The van der Waals surface area contributed by atoms with Gasteiger partial charge in [-0.3, -0.25) is 0 Å². The Kier molecular flexibility index (Phi) is 8.65. The smallest absolute Gasteiger partial charge is 0.0471 e. The van der Waals surface area contributed by atoms with Gasteiger partial charge in [0.05, 0.1) is 0 Å². The van der Waals surface area contributed by atoms with Crippen molar-refractivity contribution in [1.29, 1.82) is 0 Å². The van der Waals surface area contributed by atoms with Crippen molar-refractivity contribution in [3.05, 3.63) is 0 Å². The van der Waals surface area contributed by atoms with Crippen LogP contribution in [0.25, 0.3) is 0 Å². The fraction of sp³-hybridized carbons (Fsp3) is 1.00. The zero-order chi connectivity index (χ0) is 11.0. The molecule has 0 fully saturated rings. The van der Waals surface area contributed by atoms with Crippen molar-refractivity contribution < 1.29 is 4.74 Å². The predicted octanol–water partition coefficient (Wildman–Crippen LogP) is 4.24. The molecule has 0 aromatic rings. The molecular formula is C11H22Br2O. The second-order valence-corrected chi connectivity index (χ2v) is 5.43. The van der Waals surface area contributed by atoms with Crippen molar-refractivity contribution in [3.8, 4) is 0 Å². The molecule has 0 spiro atoms. The van der Waals surface area contributed by atoms with Crippen molar-refractivity contribution in [3.63, 3.8) is 0 Å². The van der Waals surface area contributed by atoms with Crippen molar-refractivity contribution >= 4 is 31.9 Å².